The zero-order valence-electron chi connectivity index (χ0n) is 9.27. The molecule has 0 aliphatic heterocycles. The van der Waals surface area contributed by atoms with Gasteiger partial charge in [-0.3, -0.25) is 0 Å². The number of nitrogens with one attached hydrogen (secondary N) is 2. The van der Waals surface area contributed by atoms with Crippen LogP contribution in [0.15, 0.2) is 0 Å². The second-order valence-electron chi connectivity index (χ2n) is 4.54. The maximum atomic E-state index is 3.59. The van der Waals surface area contributed by atoms with Gasteiger partial charge in [0.25, 0.3) is 0 Å². The van der Waals surface area contributed by atoms with Crippen molar-refractivity contribution in [2.24, 2.45) is 11.8 Å². The number of hydrogen-bond acceptors (Lipinski definition) is 2. The quantitative estimate of drug-likeness (QED) is 0.678. The van der Waals surface area contributed by atoms with E-state index in [1.165, 1.54) is 25.8 Å². The molecule has 0 heterocycles. The van der Waals surface area contributed by atoms with Crippen LogP contribution < -0.4 is 10.6 Å². The molecule has 1 aliphatic carbocycles. The highest BCUT2D eigenvalue weighted by molar-refractivity contribution is 4.77. The smallest absolute Gasteiger partial charge is 0.0164 e. The van der Waals surface area contributed by atoms with Crippen molar-refractivity contribution in [2.75, 3.05) is 20.1 Å². The van der Waals surface area contributed by atoms with E-state index in [0.29, 0.717) is 6.04 Å². The Kier molecular flexibility index (Phi) is 4.74. The molecule has 2 nitrogen and oxygen atoms in total. The average molecular weight is 184 g/mol. The fourth-order valence-electron chi connectivity index (χ4n) is 2.26. The van der Waals surface area contributed by atoms with Crippen LogP contribution in [-0.4, -0.2) is 26.2 Å². The molecular weight excluding hydrogens is 160 g/mol. The standard InChI is InChI=1S/C11H24N2/c1-9-5-4-6-11(9)8-13-10(2)7-12-3/h9-13H,4-8H2,1-3H3. The number of hydrogen-bond donors (Lipinski definition) is 2. The fraction of sp³-hybridized carbons (Fsp3) is 1.00. The van der Waals surface area contributed by atoms with E-state index in [2.05, 4.69) is 24.5 Å². The predicted octanol–water partition coefficient (Wildman–Crippen LogP) is 1.62. The molecular formula is C11H24N2. The molecule has 3 atom stereocenters. The number of rotatable bonds is 5. The highest BCUT2D eigenvalue weighted by Crippen LogP contribution is 2.30. The molecule has 0 saturated heterocycles. The second-order valence-corrected chi connectivity index (χ2v) is 4.54. The Bertz CT molecular complexity index is 136. The summed E-state index contributed by atoms with van der Waals surface area (Å²) < 4.78 is 0. The lowest BCUT2D eigenvalue weighted by molar-refractivity contribution is 0.369. The largest absolute Gasteiger partial charge is 0.318 e. The first kappa shape index (κ1) is 11.0. The molecule has 0 bridgehead atoms. The maximum absolute atomic E-state index is 3.59. The molecule has 13 heavy (non-hydrogen) atoms. The minimum atomic E-state index is 0.609. The van der Waals surface area contributed by atoms with E-state index < -0.39 is 0 Å². The van der Waals surface area contributed by atoms with Gasteiger partial charge in [-0.2, -0.15) is 0 Å². The van der Waals surface area contributed by atoms with Crippen LogP contribution in [0.3, 0.4) is 0 Å². The minimum absolute atomic E-state index is 0.609. The fourth-order valence-corrected chi connectivity index (χ4v) is 2.26. The lowest BCUT2D eigenvalue weighted by Crippen LogP contribution is -2.38. The summed E-state index contributed by atoms with van der Waals surface area (Å²) >= 11 is 0. The molecule has 0 spiro atoms. The molecule has 0 amide bonds. The molecule has 0 aromatic carbocycles. The van der Waals surface area contributed by atoms with Crippen LogP contribution in [0.5, 0.6) is 0 Å². The van der Waals surface area contributed by atoms with E-state index in [9.17, 15) is 0 Å². The first-order valence-corrected chi connectivity index (χ1v) is 5.62. The molecule has 1 fully saturated rings. The molecule has 1 rings (SSSR count). The molecule has 0 aromatic rings. The third-order valence-corrected chi connectivity index (χ3v) is 3.28. The number of likely N-dealkylation sites (N-methyl/N-ethyl adjacent to an activating group) is 1. The van der Waals surface area contributed by atoms with Gasteiger partial charge in [0.1, 0.15) is 0 Å². The van der Waals surface area contributed by atoms with Gasteiger partial charge in [0, 0.05) is 12.6 Å². The third kappa shape index (κ3) is 3.65. The monoisotopic (exact) mass is 184 g/mol. The Morgan fingerprint density at radius 3 is 2.69 bits per heavy atom. The van der Waals surface area contributed by atoms with Crippen LogP contribution >= 0.6 is 0 Å². The van der Waals surface area contributed by atoms with Crippen molar-refractivity contribution < 1.29 is 0 Å². The van der Waals surface area contributed by atoms with Crippen molar-refractivity contribution >= 4 is 0 Å². The van der Waals surface area contributed by atoms with Crippen molar-refractivity contribution in [3.8, 4) is 0 Å². The van der Waals surface area contributed by atoms with Gasteiger partial charge in [0.05, 0.1) is 0 Å². The predicted molar refractivity (Wildman–Crippen MR) is 57.9 cm³/mol. The first-order chi connectivity index (χ1) is 6.24. The SMILES string of the molecule is CNCC(C)NCC1CCCC1C. The van der Waals surface area contributed by atoms with Gasteiger partial charge < -0.3 is 10.6 Å². The van der Waals surface area contributed by atoms with E-state index in [4.69, 9.17) is 0 Å². The van der Waals surface area contributed by atoms with Gasteiger partial charge in [-0.1, -0.05) is 19.8 Å². The summed E-state index contributed by atoms with van der Waals surface area (Å²) in [5, 5.41) is 6.78. The van der Waals surface area contributed by atoms with Gasteiger partial charge in [0.15, 0.2) is 0 Å². The Morgan fingerprint density at radius 2 is 2.15 bits per heavy atom. The molecule has 2 heteroatoms. The molecule has 1 saturated carbocycles. The molecule has 3 unspecified atom stereocenters. The van der Waals surface area contributed by atoms with E-state index >= 15 is 0 Å². The maximum Gasteiger partial charge on any atom is 0.0164 e. The van der Waals surface area contributed by atoms with Crippen molar-refractivity contribution in [2.45, 2.75) is 39.2 Å². The van der Waals surface area contributed by atoms with Gasteiger partial charge >= 0.3 is 0 Å². The van der Waals surface area contributed by atoms with E-state index in [1.807, 2.05) is 7.05 Å². The lowest BCUT2D eigenvalue weighted by atomic mass is 9.98. The van der Waals surface area contributed by atoms with Crippen LogP contribution in [0.25, 0.3) is 0 Å². The summed E-state index contributed by atoms with van der Waals surface area (Å²) in [6.45, 7) is 6.92. The van der Waals surface area contributed by atoms with Crippen LogP contribution in [0.2, 0.25) is 0 Å². The Hall–Kier alpha value is -0.0800. The zero-order chi connectivity index (χ0) is 9.68. The highest BCUT2D eigenvalue weighted by Gasteiger charge is 2.22. The summed E-state index contributed by atoms with van der Waals surface area (Å²) in [4.78, 5) is 0. The van der Waals surface area contributed by atoms with E-state index in [0.717, 1.165) is 18.4 Å². The summed E-state index contributed by atoms with van der Waals surface area (Å²) in [7, 11) is 2.01. The van der Waals surface area contributed by atoms with E-state index in [-0.39, 0.29) is 0 Å². The molecule has 1 aliphatic rings. The van der Waals surface area contributed by atoms with Gasteiger partial charge in [-0.15, -0.1) is 0 Å². The van der Waals surface area contributed by atoms with Crippen molar-refractivity contribution in [1.82, 2.24) is 10.6 Å². The average Bonchev–Trinajstić information content (AvgIpc) is 2.48. The van der Waals surface area contributed by atoms with Crippen molar-refractivity contribution in [1.29, 1.82) is 0 Å². The van der Waals surface area contributed by atoms with Crippen LogP contribution in [0.1, 0.15) is 33.1 Å². The normalized spacial score (nSPS) is 30.7. The Balaban J connectivity index is 2.10. The Morgan fingerprint density at radius 1 is 1.38 bits per heavy atom. The third-order valence-electron chi connectivity index (χ3n) is 3.28. The zero-order valence-corrected chi connectivity index (χ0v) is 9.27. The first-order valence-electron chi connectivity index (χ1n) is 5.62. The Labute approximate surface area is 82.5 Å². The lowest BCUT2D eigenvalue weighted by Gasteiger charge is -2.19. The van der Waals surface area contributed by atoms with Gasteiger partial charge in [0.2, 0.25) is 0 Å². The van der Waals surface area contributed by atoms with Crippen LogP contribution in [0.4, 0.5) is 0 Å². The summed E-state index contributed by atoms with van der Waals surface area (Å²) in [5.74, 6) is 1.87. The van der Waals surface area contributed by atoms with Gasteiger partial charge in [-0.25, -0.2) is 0 Å². The van der Waals surface area contributed by atoms with Crippen molar-refractivity contribution in [3.63, 3.8) is 0 Å². The van der Waals surface area contributed by atoms with Gasteiger partial charge in [-0.05, 0) is 38.8 Å². The van der Waals surface area contributed by atoms with E-state index in [1.54, 1.807) is 0 Å². The molecule has 78 valence electrons. The topological polar surface area (TPSA) is 24.1 Å². The van der Waals surface area contributed by atoms with Crippen LogP contribution in [-0.2, 0) is 0 Å². The van der Waals surface area contributed by atoms with Crippen molar-refractivity contribution in [3.05, 3.63) is 0 Å². The molecule has 2 N–H and O–H groups in total. The summed E-state index contributed by atoms with van der Waals surface area (Å²) in [6, 6.07) is 0.609. The summed E-state index contributed by atoms with van der Waals surface area (Å²) in [5.41, 5.74) is 0. The molecule has 0 aromatic heterocycles. The summed E-state index contributed by atoms with van der Waals surface area (Å²) in [6.07, 6.45) is 4.31. The minimum Gasteiger partial charge on any atom is -0.318 e. The van der Waals surface area contributed by atoms with Crippen LogP contribution in [0, 0.1) is 11.8 Å². The highest BCUT2D eigenvalue weighted by atomic mass is 15.0. The second kappa shape index (κ2) is 5.61. The molecule has 0 radical (unpaired) electrons.